The van der Waals surface area contributed by atoms with Crippen LogP contribution in [-0.2, 0) is 32.6 Å². The molecule has 8 nitrogen and oxygen atoms in total. The van der Waals surface area contributed by atoms with Crippen molar-refractivity contribution in [3.05, 3.63) is 125 Å². The molecule has 0 aliphatic heterocycles. The highest BCUT2D eigenvalue weighted by Gasteiger charge is 2.34. The summed E-state index contributed by atoms with van der Waals surface area (Å²) < 4.78 is 48.0. The van der Waals surface area contributed by atoms with E-state index >= 15 is 0 Å². The number of methoxy groups -OCH3 is 1. The standard InChI is InChI=1S/C33H33ClFN3O5S/c1-3-36-33(40)31(21-24-8-5-4-6-9-24)37(22-25-10-7-11-26(34)20-25)32(39)23-38(28-14-12-27(35)13-15-28)44(41,42)30-18-16-29(43-2)17-19-30/h4-20,31H,3,21-23H2,1-2H3,(H,36,40). The van der Waals surface area contributed by atoms with Gasteiger partial charge in [-0.25, -0.2) is 12.8 Å². The lowest BCUT2D eigenvalue weighted by Gasteiger charge is -2.33. The second-order valence-corrected chi connectivity index (χ2v) is 12.2. The van der Waals surface area contributed by atoms with Gasteiger partial charge in [0.15, 0.2) is 0 Å². The molecule has 2 amide bonds. The van der Waals surface area contributed by atoms with Crippen LogP contribution in [0, 0.1) is 5.82 Å². The van der Waals surface area contributed by atoms with E-state index in [0.29, 0.717) is 22.9 Å². The van der Waals surface area contributed by atoms with Crippen molar-refractivity contribution >= 4 is 39.1 Å². The molecule has 1 unspecified atom stereocenters. The van der Waals surface area contributed by atoms with Crippen LogP contribution in [0.5, 0.6) is 5.75 Å². The van der Waals surface area contributed by atoms with Crippen molar-refractivity contribution in [1.29, 1.82) is 0 Å². The van der Waals surface area contributed by atoms with Crippen LogP contribution in [0.3, 0.4) is 0 Å². The zero-order valence-electron chi connectivity index (χ0n) is 24.3. The first-order chi connectivity index (χ1) is 21.1. The summed E-state index contributed by atoms with van der Waals surface area (Å²) in [6, 6.07) is 25.7. The molecule has 230 valence electrons. The van der Waals surface area contributed by atoms with E-state index < -0.39 is 40.2 Å². The van der Waals surface area contributed by atoms with E-state index in [0.717, 1.165) is 22.0 Å². The molecule has 0 bridgehead atoms. The van der Waals surface area contributed by atoms with E-state index in [1.807, 2.05) is 30.3 Å². The summed E-state index contributed by atoms with van der Waals surface area (Å²) in [7, 11) is -2.87. The van der Waals surface area contributed by atoms with Crippen molar-refractivity contribution in [2.75, 3.05) is 24.5 Å². The number of halogens is 2. The zero-order valence-corrected chi connectivity index (χ0v) is 25.9. The van der Waals surface area contributed by atoms with E-state index in [1.54, 1.807) is 31.2 Å². The summed E-state index contributed by atoms with van der Waals surface area (Å²) in [5.41, 5.74) is 1.55. The third-order valence-corrected chi connectivity index (χ3v) is 8.93. The summed E-state index contributed by atoms with van der Waals surface area (Å²) in [4.78, 5) is 29.1. The van der Waals surface area contributed by atoms with Gasteiger partial charge < -0.3 is 15.0 Å². The molecule has 4 rings (SSSR count). The third kappa shape index (κ3) is 8.15. The fraction of sp³-hybridized carbons (Fsp3) is 0.212. The number of likely N-dealkylation sites (N-methyl/N-ethyl adjacent to an activating group) is 1. The lowest BCUT2D eigenvalue weighted by atomic mass is 10.0. The summed E-state index contributed by atoms with van der Waals surface area (Å²) in [5, 5.41) is 3.26. The van der Waals surface area contributed by atoms with Crippen LogP contribution in [0.2, 0.25) is 5.02 Å². The van der Waals surface area contributed by atoms with E-state index in [-0.39, 0.29) is 23.5 Å². The highest BCUT2D eigenvalue weighted by Crippen LogP contribution is 2.27. The third-order valence-electron chi connectivity index (χ3n) is 6.90. The van der Waals surface area contributed by atoms with Gasteiger partial charge in [0.05, 0.1) is 17.7 Å². The lowest BCUT2D eigenvalue weighted by Crippen LogP contribution is -2.53. The minimum absolute atomic E-state index is 0.0200. The smallest absolute Gasteiger partial charge is 0.264 e. The van der Waals surface area contributed by atoms with E-state index in [4.69, 9.17) is 16.3 Å². The lowest BCUT2D eigenvalue weighted by molar-refractivity contribution is -0.140. The molecular weight excluding hydrogens is 605 g/mol. The maximum atomic E-state index is 14.3. The minimum Gasteiger partial charge on any atom is -0.497 e. The van der Waals surface area contributed by atoms with E-state index in [9.17, 15) is 22.4 Å². The molecule has 0 aliphatic carbocycles. The average Bonchev–Trinajstić information content (AvgIpc) is 3.02. The maximum Gasteiger partial charge on any atom is 0.264 e. The molecule has 4 aromatic carbocycles. The molecule has 1 atom stereocenters. The normalized spacial score (nSPS) is 11.8. The van der Waals surface area contributed by atoms with Crippen molar-refractivity contribution in [2.24, 2.45) is 0 Å². The van der Waals surface area contributed by atoms with Gasteiger partial charge in [-0.2, -0.15) is 0 Å². The maximum absolute atomic E-state index is 14.3. The largest absolute Gasteiger partial charge is 0.497 e. The second kappa shape index (κ2) is 14.9. The first-order valence-corrected chi connectivity index (χ1v) is 15.7. The van der Waals surface area contributed by atoms with Gasteiger partial charge in [0.1, 0.15) is 24.2 Å². The van der Waals surface area contributed by atoms with E-state index in [2.05, 4.69) is 5.32 Å². The van der Waals surface area contributed by atoms with Gasteiger partial charge in [0.2, 0.25) is 11.8 Å². The van der Waals surface area contributed by atoms with Crippen molar-refractivity contribution in [2.45, 2.75) is 30.8 Å². The predicted molar refractivity (Wildman–Crippen MR) is 169 cm³/mol. The molecular formula is C33H33ClFN3O5S. The van der Waals surface area contributed by atoms with Gasteiger partial charge in [-0.15, -0.1) is 0 Å². The number of anilines is 1. The fourth-order valence-electron chi connectivity index (χ4n) is 4.69. The van der Waals surface area contributed by atoms with Crippen LogP contribution in [0.25, 0.3) is 0 Å². The Morgan fingerprint density at radius 3 is 2.18 bits per heavy atom. The van der Waals surface area contributed by atoms with E-state index in [1.165, 1.54) is 48.4 Å². The van der Waals surface area contributed by atoms with Crippen LogP contribution < -0.4 is 14.4 Å². The molecule has 4 aromatic rings. The van der Waals surface area contributed by atoms with Crippen LogP contribution >= 0.6 is 11.6 Å². The van der Waals surface area contributed by atoms with Crippen molar-refractivity contribution in [1.82, 2.24) is 10.2 Å². The Balaban J connectivity index is 1.79. The summed E-state index contributed by atoms with van der Waals surface area (Å²) >= 11 is 6.25. The number of rotatable bonds is 13. The number of carbonyl (C=O) groups is 2. The highest BCUT2D eigenvalue weighted by molar-refractivity contribution is 7.92. The molecule has 0 fully saturated rings. The number of nitrogens with zero attached hydrogens (tertiary/aromatic N) is 2. The number of nitrogens with one attached hydrogen (secondary N) is 1. The fourth-order valence-corrected chi connectivity index (χ4v) is 6.32. The molecule has 1 N–H and O–H groups in total. The molecule has 0 heterocycles. The number of hydrogen-bond acceptors (Lipinski definition) is 5. The Bertz CT molecular complexity index is 1670. The average molecular weight is 638 g/mol. The van der Waals surface area contributed by atoms with Gasteiger partial charge in [-0.05, 0) is 78.7 Å². The number of benzene rings is 4. The van der Waals surface area contributed by atoms with Gasteiger partial charge >= 0.3 is 0 Å². The van der Waals surface area contributed by atoms with Crippen LogP contribution in [0.4, 0.5) is 10.1 Å². The number of carbonyl (C=O) groups excluding carboxylic acids is 2. The predicted octanol–water partition coefficient (Wildman–Crippen LogP) is 5.46. The van der Waals surface area contributed by atoms with Gasteiger partial charge in [-0.3, -0.25) is 13.9 Å². The Labute approximate surface area is 262 Å². The molecule has 11 heteroatoms. The summed E-state index contributed by atoms with van der Waals surface area (Å²) in [5.74, 6) is -1.15. The number of hydrogen-bond donors (Lipinski definition) is 1. The Kier molecular flexibility index (Phi) is 11.0. The van der Waals surface area contributed by atoms with Crippen molar-refractivity contribution in [3.8, 4) is 5.75 Å². The van der Waals surface area contributed by atoms with Crippen LogP contribution in [-0.4, -0.2) is 51.4 Å². The molecule has 44 heavy (non-hydrogen) atoms. The van der Waals surface area contributed by atoms with Gasteiger partial charge in [0, 0.05) is 24.5 Å². The van der Waals surface area contributed by atoms with Gasteiger partial charge in [0.25, 0.3) is 10.0 Å². The number of sulfonamides is 1. The Morgan fingerprint density at radius 1 is 0.909 bits per heavy atom. The van der Waals surface area contributed by atoms with Crippen LogP contribution in [0.1, 0.15) is 18.1 Å². The Morgan fingerprint density at radius 2 is 1.57 bits per heavy atom. The SMILES string of the molecule is CCNC(=O)C(Cc1ccccc1)N(Cc1cccc(Cl)c1)C(=O)CN(c1ccc(F)cc1)S(=O)(=O)c1ccc(OC)cc1. The molecule has 0 saturated carbocycles. The minimum atomic E-state index is -4.33. The first-order valence-electron chi connectivity index (χ1n) is 13.9. The summed E-state index contributed by atoms with van der Waals surface area (Å²) in [6.07, 6.45) is 0.181. The van der Waals surface area contributed by atoms with Crippen molar-refractivity contribution in [3.63, 3.8) is 0 Å². The first kappa shape index (κ1) is 32.5. The Hall–Kier alpha value is -4.41. The molecule has 0 aliphatic rings. The quantitative estimate of drug-likeness (QED) is 0.210. The molecule has 0 saturated heterocycles. The van der Waals surface area contributed by atoms with Crippen LogP contribution in [0.15, 0.2) is 108 Å². The topological polar surface area (TPSA) is 96.0 Å². The molecule has 0 spiro atoms. The molecule has 0 radical (unpaired) electrons. The highest BCUT2D eigenvalue weighted by atomic mass is 35.5. The van der Waals surface area contributed by atoms with Crippen molar-refractivity contribution < 1.29 is 27.1 Å². The summed E-state index contributed by atoms with van der Waals surface area (Å²) in [6.45, 7) is 1.42. The van der Waals surface area contributed by atoms with Gasteiger partial charge in [-0.1, -0.05) is 54.1 Å². The zero-order chi connectivity index (χ0) is 31.7. The molecule has 0 aromatic heterocycles. The second-order valence-electron chi connectivity index (χ2n) is 9.92. The monoisotopic (exact) mass is 637 g/mol. The number of amides is 2. The number of ether oxygens (including phenoxy) is 1.